The van der Waals surface area contributed by atoms with E-state index in [1.807, 2.05) is 30.4 Å². The number of rotatable bonds is 11. The van der Waals surface area contributed by atoms with Crippen LogP contribution in [0.15, 0.2) is 48.1 Å². The lowest BCUT2D eigenvalue weighted by Gasteiger charge is -2.06. The van der Waals surface area contributed by atoms with Gasteiger partial charge in [0.1, 0.15) is 0 Å². The van der Waals surface area contributed by atoms with Gasteiger partial charge >= 0.3 is 5.97 Å². The number of aliphatic carboxylic acids is 1. The molecular weight excluding hydrogens is 288 g/mol. The zero-order valence-electron chi connectivity index (χ0n) is 14.0. The molecule has 0 aliphatic heterocycles. The first kappa shape index (κ1) is 19.1. The highest BCUT2D eigenvalue weighted by molar-refractivity contribution is 6.07. The molecule has 0 unspecified atom stereocenters. The number of unbranched alkanes of at least 4 members (excludes halogenated alkanes) is 4. The fourth-order valence-electron chi connectivity index (χ4n) is 2.51. The molecule has 1 rings (SSSR count). The largest absolute Gasteiger partial charge is 0.481 e. The third-order valence-corrected chi connectivity index (χ3v) is 3.87. The van der Waals surface area contributed by atoms with Gasteiger partial charge in [0.15, 0.2) is 5.78 Å². The van der Waals surface area contributed by atoms with E-state index in [0.717, 1.165) is 24.8 Å². The molecule has 0 fully saturated rings. The maximum atomic E-state index is 11.9. The molecule has 23 heavy (non-hydrogen) atoms. The van der Waals surface area contributed by atoms with E-state index in [1.165, 1.54) is 19.3 Å². The highest BCUT2D eigenvalue weighted by atomic mass is 16.4. The molecule has 0 radical (unpaired) electrons. The van der Waals surface area contributed by atoms with Crippen LogP contribution in [0.2, 0.25) is 0 Å². The van der Waals surface area contributed by atoms with Crippen molar-refractivity contribution in [1.29, 1.82) is 0 Å². The summed E-state index contributed by atoms with van der Waals surface area (Å²) in [7, 11) is 0. The monoisotopic (exact) mass is 316 g/mol. The van der Waals surface area contributed by atoms with Crippen molar-refractivity contribution in [2.24, 2.45) is 5.92 Å². The van der Waals surface area contributed by atoms with Crippen LogP contribution in [0.3, 0.4) is 0 Å². The lowest BCUT2D eigenvalue weighted by Crippen LogP contribution is -2.01. The number of ketones is 1. The number of carboxylic acids is 1. The van der Waals surface area contributed by atoms with Gasteiger partial charge in [0.25, 0.3) is 0 Å². The molecule has 0 aromatic rings. The van der Waals surface area contributed by atoms with Crippen molar-refractivity contribution in [3.8, 4) is 0 Å². The average molecular weight is 316 g/mol. The second-order valence-electron chi connectivity index (χ2n) is 5.87. The van der Waals surface area contributed by atoms with Gasteiger partial charge in [-0.2, -0.15) is 0 Å². The Bertz CT molecular complexity index is 495. The molecule has 3 nitrogen and oxygen atoms in total. The van der Waals surface area contributed by atoms with Crippen molar-refractivity contribution in [1.82, 2.24) is 0 Å². The Kier molecular flexibility index (Phi) is 9.69. The summed E-state index contributed by atoms with van der Waals surface area (Å²) >= 11 is 0. The topological polar surface area (TPSA) is 54.4 Å². The Hall–Kier alpha value is -1.90. The molecule has 0 saturated carbocycles. The quantitative estimate of drug-likeness (QED) is 0.331. The van der Waals surface area contributed by atoms with Gasteiger partial charge in [-0.25, -0.2) is 0 Å². The number of allylic oxidation sites excluding steroid dienone is 8. The number of hydrogen-bond acceptors (Lipinski definition) is 2. The number of hydrogen-bond donors (Lipinski definition) is 1. The molecule has 0 amide bonds. The van der Waals surface area contributed by atoms with E-state index < -0.39 is 5.97 Å². The van der Waals surface area contributed by atoms with Crippen LogP contribution in [-0.2, 0) is 9.59 Å². The average Bonchev–Trinajstić information content (AvgIpc) is 2.86. The molecule has 0 bridgehead atoms. The third kappa shape index (κ3) is 8.34. The molecular formula is C20H28O3. The van der Waals surface area contributed by atoms with Crippen LogP contribution >= 0.6 is 0 Å². The summed E-state index contributed by atoms with van der Waals surface area (Å²) < 4.78 is 0. The van der Waals surface area contributed by atoms with E-state index in [-0.39, 0.29) is 18.1 Å². The van der Waals surface area contributed by atoms with E-state index in [2.05, 4.69) is 13.0 Å². The minimum absolute atomic E-state index is 0.104. The van der Waals surface area contributed by atoms with Crippen LogP contribution in [0.5, 0.6) is 0 Å². The van der Waals surface area contributed by atoms with Gasteiger partial charge in [-0.15, -0.1) is 0 Å². The fraction of sp³-hybridized carbons (Fsp3) is 0.500. The van der Waals surface area contributed by atoms with Gasteiger partial charge in [-0.3, -0.25) is 9.59 Å². The molecule has 0 heterocycles. The minimum Gasteiger partial charge on any atom is -0.481 e. The van der Waals surface area contributed by atoms with Gasteiger partial charge in [-0.05, 0) is 38.2 Å². The summed E-state index contributed by atoms with van der Waals surface area (Å²) in [6.07, 6.45) is 20.9. The summed E-state index contributed by atoms with van der Waals surface area (Å²) in [5.74, 6) is -0.496. The molecule has 1 N–H and O–H groups in total. The molecule has 0 aromatic heterocycles. The highest BCUT2D eigenvalue weighted by Crippen LogP contribution is 2.25. The van der Waals surface area contributed by atoms with Gasteiger partial charge in [0.2, 0.25) is 0 Å². The van der Waals surface area contributed by atoms with Crippen molar-refractivity contribution in [2.45, 2.75) is 58.3 Å². The zero-order valence-corrected chi connectivity index (χ0v) is 14.0. The summed E-state index contributed by atoms with van der Waals surface area (Å²) in [5, 5.41) is 8.57. The Morgan fingerprint density at radius 3 is 2.70 bits per heavy atom. The normalized spacial score (nSPS) is 19.6. The molecule has 1 aliphatic carbocycles. The Labute approximate surface area is 139 Å². The Morgan fingerprint density at radius 2 is 1.96 bits per heavy atom. The second kappa shape index (κ2) is 11.6. The first-order valence-electron chi connectivity index (χ1n) is 8.61. The fourth-order valence-corrected chi connectivity index (χ4v) is 2.51. The lowest BCUT2D eigenvalue weighted by molar-refractivity contribution is -0.137. The first-order valence-corrected chi connectivity index (χ1v) is 8.61. The predicted octanol–water partition coefficient (Wildman–Crippen LogP) is 5.01. The van der Waals surface area contributed by atoms with E-state index in [9.17, 15) is 9.59 Å². The number of carboxylic acid groups (broad SMARTS) is 1. The molecule has 0 aromatic carbocycles. The first-order chi connectivity index (χ1) is 11.1. The predicted molar refractivity (Wildman–Crippen MR) is 94.2 cm³/mol. The van der Waals surface area contributed by atoms with Crippen LogP contribution < -0.4 is 0 Å². The van der Waals surface area contributed by atoms with Gasteiger partial charge < -0.3 is 5.11 Å². The van der Waals surface area contributed by atoms with E-state index in [4.69, 9.17) is 5.11 Å². The molecule has 3 heteroatoms. The van der Waals surface area contributed by atoms with Crippen molar-refractivity contribution in [3.05, 3.63) is 48.1 Å². The Balaban J connectivity index is 2.38. The van der Waals surface area contributed by atoms with Crippen LogP contribution in [0, 0.1) is 5.92 Å². The van der Waals surface area contributed by atoms with Crippen molar-refractivity contribution in [3.63, 3.8) is 0 Å². The maximum absolute atomic E-state index is 11.9. The smallest absolute Gasteiger partial charge is 0.303 e. The third-order valence-electron chi connectivity index (χ3n) is 3.87. The highest BCUT2D eigenvalue weighted by Gasteiger charge is 2.20. The van der Waals surface area contributed by atoms with E-state index in [0.29, 0.717) is 6.42 Å². The summed E-state index contributed by atoms with van der Waals surface area (Å²) in [5.41, 5.74) is 0.854. The van der Waals surface area contributed by atoms with Crippen LogP contribution in [0.1, 0.15) is 58.3 Å². The van der Waals surface area contributed by atoms with E-state index >= 15 is 0 Å². The lowest BCUT2D eigenvalue weighted by atomic mass is 9.97. The maximum Gasteiger partial charge on any atom is 0.303 e. The van der Waals surface area contributed by atoms with Crippen molar-refractivity contribution < 1.29 is 14.7 Å². The van der Waals surface area contributed by atoms with Crippen LogP contribution in [0.25, 0.3) is 0 Å². The zero-order chi connectivity index (χ0) is 16.9. The Morgan fingerprint density at radius 1 is 1.17 bits per heavy atom. The minimum atomic E-state index is -0.751. The summed E-state index contributed by atoms with van der Waals surface area (Å²) in [4.78, 5) is 22.3. The molecule has 0 spiro atoms. The SMILES string of the molecule is CCCCC/C=C/C=C1/C(=O)C=C[C@H]1C/C=C/CCCC(=O)O. The van der Waals surface area contributed by atoms with Crippen molar-refractivity contribution in [2.75, 3.05) is 0 Å². The van der Waals surface area contributed by atoms with Crippen LogP contribution in [-0.4, -0.2) is 16.9 Å². The van der Waals surface area contributed by atoms with E-state index in [1.54, 1.807) is 6.08 Å². The van der Waals surface area contributed by atoms with Gasteiger partial charge in [-0.1, -0.05) is 56.2 Å². The summed E-state index contributed by atoms with van der Waals surface area (Å²) in [6, 6.07) is 0. The molecule has 0 saturated heterocycles. The van der Waals surface area contributed by atoms with Gasteiger partial charge in [0.05, 0.1) is 0 Å². The summed E-state index contributed by atoms with van der Waals surface area (Å²) in [6.45, 7) is 2.19. The molecule has 126 valence electrons. The number of carbonyl (C=O) groups excluding carboxylic acids is 1. The van der Waals surface area contributed by atoms with Crippen molar-refractivity contribution >= 4 is 11.8 Å². The van der Waals surface area contributed by atoms with Crippen LogP contribution in [0.4, 0.5) is 0 Å². The second-order valence-corrected chi connectivity index (χ2v) is 5.87. The molecule has 1 aliphatic rings. The number of carbonyl (C=O) groups is 2. The molecule has 1 atom stereocenters. The standard InChI is InChI=1S/C20H28O3/c1-2-3-4-5-6-10-13-18-17(15-16-19(18)21)12-9-7-8-11-14-20(22)23/h6-7,9-10,13,15-17H,2-5,8,11-12,14H2,1H3,(H,22,23)/b9-7+,10-6+,18-13+/t17-/m1/s1. The van der Waals surface area contributed by atoms with Gasteiger partial charge in [0, 0.05) is 17.9 Å².